The van der Waals surface area contributed by atoms with Crippen LogP contribution in [-0.4, -0.2) is 37.9 Å². The number of rotatable bonds is 47. The maximum atomic E-state index is 12.7. The first-order chi connectivity index (χ1) is 30.6. The lowest BCUT2D eigenvalue weighted by atomic mass is 10.1. The SMILES string of the molecule is CC/C=C\C/C=C\C/C=C\C/C=C\CCC(=O)OC(COCCCCCCCCCC/C=C\CCCCCCCC)COC(=O)CCCCCCC/C=C\C/C=C\CCCCC. The number of allylic oxidation sites excluding steroid dienone is 14. The maximum absolute atomic E-state index is 12.7. The molecule has 0 aliphatic carbocycles. The fraction of sp³-hybridized carbons (Fsp3) is 0.719. The van der Waals surface area contributed by atoms with Crippen molar-refractivity contribution in [3.63, 3.8) is 0 Å². The first-order valence-electron chi connectivity index (χ1n) is 26.1. The lowest BCUT2D eigenvalue weighted by Crippen LogP contribution is -2.30. The van der Waals surface area contributed by atoms with Crippen LogP contribution in [0.25, 0.3) is 0 Å². The van der Waals surface area contributed by atoms with Gasteiger partial charge in [-0.2, -0.15) is 0 Å². The van der Waals surface area contributed by atoms with E-state index in [1.165, 1.54) is 128 Å². The molecule has 0 radical (unpaired) electrons. The molecular formula is C57H98O5. The Morgan fingerprint density at radius 2 is 0.758 bits per heavy atom. The molecular weight excluding hydrogens is 765 g/mol. The van der Waals surface area contributed by atoms with Crippen LogP contribution in [0.5, 0.6) is 0 Å². The summed E-state index contributed by atoms with van der Waals surface area (Å²) in [6, 6.07) is 0. The summed E-state index contributed by atoms with van der Waals surface area (Å²) < 4.78 is 17.3. The molecule has 356 valence electrons. The zero-order valence-electron chi connectivity index (χ0n) is 40.9. The molecule has 0 N–H and O–H groups in total. The Balaban J connectivity index is 4.35. The molecule has 0 fully saturated rings. The lowest BCUT2D eigenvalue weighted by molar-refractivity contribution is -0.162. The van der Waals surface area contributed by atoms with Gasteiger partial charge in [0, 0.05) is 19.4 Å². The normalized spacial score (nSPS) is 12.9. The van der Waals surface area contributed by atoms with Gasteiger partial charge in [-0.25, -0.2) is 0 Å². The van der Waals surface area contributed by atoms with Gasteiger partial charge in [-0.3, -0.25) is 9.59 Å². The lowest BCUT2D eigenvalue weighted by Gasteiger charge is -2.18. The Morgan fingerprint density at radius 1 is 0.371 bits per heavy atom. The van der Waals surface area contributed by atoms with Crippen molar-refractivity contribution in [2.45, 2.75) is 245 Å². The minimum Gasteiger partial charge on any atom is -0.462 e. The van der Waals surface area contributed by atoms with Crippen molar-refractivity contribution in [3.8, 4) is 0 Å². The number of unbranched alkanes of at least 4 members (excludes halogenated alkanes) is 22. The largest absolute Gasteiger partial charge is 0.462 e. The quantitative estimate of drug-likeness (QED) is 0.0346. The van der Waals surface area contributed by atoms with Gasteiger partial charge >= 0.3 is 11.9 Å². The van der Waals surface area contributed by atoms with E-state index in [1.807, 2.05) is 6.08 Å². The Bertz CT molecular complexity index is 1160. The summed E-state index contributed by atoms with van der Waals surface area (Å²) in [4.78, 5) is 25.3. The number of carbonyl (C=O) groups is 2. The van der Waals surface area contributed by atoms with Crippen LogP contribution in [0.2, 0.25) is 0 Å². The molecule has 0 rings (SSSR count). The van der Waals surface area contributed by atoms with Crippen molar-refractivity contribution in [2.75, 3.05) is 19.8 Å². The first-order valence-corrected chi connectivity index (χ1v) is 26.1. The molecule has 5 heteroatoms. The number of ether oxygens (including phenoxy) is 3. The Hall–Kier alpha value is -2.92. The molecule has 5 nitrogen and oxygen atoms in total. The first kappa shape index (κ1) is 59.1. The molecule has 0 aromatic carbocycles. The molecule has 0 aliphatic rings. The van der Waals surface area contributed by atoms with Gasteiger partial charge in [-0.1, -0.05) is 209 Å². The van der Waals surface area contributed by atoms with Crippen molar-refractivity contribution in [2.24, 2.45) is 0 Å². The van der Waals surface area contributed by atoms with Gasteiger partial charge < -0.3 is 14.2 Å². The summed E-state index contributed by atoms with van der Waals surface area (Å²) in [6.45, 7) is 7.59. The summed E-state index contributed by atoms with van der Waals surface area (Å²) in [5.41, 5.74) is 0. The van der Waals surface area contributed by atoms with Crippen molar-refractivity contribution in [1.82, 2.24) is 0 Å². The maximum Gasteiger partial charge on any atom is 0.306 e. The van der Waals surface area contributed by atoms with Crippen LogP contribution >= 0.6 is 0 Å². The average Bonchev–Trinajstić information content (AvgIpc) is 3.27. The molecule has 0 aromatic rings. The molecule has 62 heavy (non-hydrogen) atoms. The van der Waals surface area contributed by atoms with Gasteiger partial charge in [-0.15, -0.1) is 0 Å². The Morgan fingerprint density at radius 3 is 1.27 bits per heavy atom. The second-order valence-electron chi connectivity index (χ2n) is 17.0. The summed E-state index contributed by atoms with van der Waals surface area (Å²) in [6.07, 6.45) is 68.9. The second-order valence-corrected chi connectivity index (χ2v) is 17.0. The van der Waals surface area contributed by atoms with Crippen molar-refractivity contribution < 1.29 is 23.8 Å². The Labute approximate surface area is 384 Å². The molecule has 1 atom stereocenters. The van der Waals surface area contributed by atoms with Crippen molar-refractivity contribution >= 4 is 11.9 Å². The van der Waals surface area contributed by atoms with Crippen LogP contribution in [0.1, 0.15) is 239 Å². The molecule has 0 spiro atoms. The number of carbonyl (C=O) groups excluding carboxylic acids is 2. The fourth-order valence-electron chi connectivity index (χ4n) is 7.02. The highest BCUT2D eigenvalue weighted by Gasteiger charge is 2.17. The van der Waals surface area contributed by atoms with Crippen molar-refractivity contribution in [1.29, 1.82) is 0 Å². The number of hydrogen-bond acceptors (Lipinski definition) is 5. The third-order valence-corrected chi connectivity index (χ3v) is 10.9. The average molecular weight is 863 g/mol. The van der Waals surface area contributed by atoms with Crippen LogP contribution in [0.15, 0.2) is 85.1 Å². The fourth-order valence-corrected chi connectivity index (χ4v) is 7.02. The van der Waals surface area contributed by atoms with E-state index in [4.69, 9.17) is 14.2 Å². The van der Waals surface area contributed by atoms with E-state index < -0.39 is 6.10 Å². The molecule has 0 saturated heterocycles. The zero-order valence-corrected chi connectivity index (χ0v) is 40.9. The van der Waals surface area contributed by atoms with Gasteiger partial charge in [0.05, 0.1) is 6.61 Å². The van der Waals surface area contributed by atoms with Crippen LogP contribution in [0, 0.1) is 0 Å². The summed E-state index contributed by atoms with van der Waals surface area (Å²) in [7, 11) is 0. The molecule has 0 saturated carbocycles. The highest BCUT2D eigenvalue weighted by molar-refractivity contribution is 5.70. The predicted octanol–water partition coefficient (Wildman–Crippen LogP) is 17.7. The van der Waals surface area contributed by atoms with Crippen LogP contribution in [0.3, 0.4) is 0 Å². The van der Waals surface area contributed by atoms with E-state index in [-0.39, 0.29) is 25.2 Å². The monoisotopic (exact) mass is 863 g/mol. The van der Waals surface area contributed by atoms with Gasteiger partial charge in [-0.05, 0) is 103 Å². The summed E-state index contributed by atoms with van der Waals surface area (Å²) >= 11 is 0. The molecule has 0 aliphatic heterocycles. The molecule has 0 heterocycles. The van der Waals surface area contributed by atoms with Gasteiger partial charge in [0.1, 0.15) is 6.61 Å². The Kier molecular flexibility index (Phi) is 50.0. The minimum atomic E-state index is -0.584. The highest BCUT2D eigenvalue weighted by Crippen LogP contribution is 2.13. The van der Waals surface area contributed by atoms with E-state index in [2.05, 4.69) is 99.8 Å². The molecule has 0 aromatic heterocycles. The van der Waals surface area contributed by atoms with Gasteiger partial charge in [0.2, 0.25) is 0 Å². The summed E-state index contributed by atoms with van der Waals surface area (Å²) in [5, 5.41) is 0. The van der Waals surface area contributed by atoms with E-state index >= 15 is 0 Å². The number of esters is 2. The topological polar surface area (TPSA) is 61.8 Å². The van der Waals surface area contributed by atoms with Crippen molar-refractivity contribution in [3.05, 3.63) is 85.1 Å². The standard InChI is InChI=1S/C57H98O5/c1-4-7-10-13-16-19-22-25-27-28-29-31-34-37-40-43-46-49-52-60-53-55(62-57(59)51-48-45-42-39-36-32-24-21-18-15-12-9-6-3)54-61-56(58)50-47-44-41-38-35-33-30-26-23-20-17-14-11-8-5-2/h9,12,17-18,20-21,25-27,30,32,36,42,45,55H,4-8,10-11,13-16,19,22-24,28-29,31,33-35,37-41,43-44,46-54H2,1-3H3/b12-9-,20-17-,21-18-,27-25-,30-26-,36-32-,45-42-. The van der Waals surface area contributed by atoms with Crippen LogP contribution in [-0.2, 0) is 23.8 Å². The zero-order chi connectivity index (χ0) is 44.9. The highest BCUT2D eigenvalue weighted by atomic mass is 16.6. The van der Waals surface area contributed by atoms with Gasteiger partial charge in [0.25, 0.3) is 0 Å². The number of hydrogen-bond donors (Lipinski definition) is 0. The minimum absolute atomic E-state index is 0.0454. The van der Waals surface area contributed by atoms with E-state index in [1.54, 1.807) is 0 Å². The molecule has 0 amide bonds. The second kappa shape index (κ2) is 52.4. The van der Waals surface area contributed by atoms with E-state index in [0.29, 0.717) is 25.9 Å². The van der Waals surface area contributed by atoms with Crippen LogP contribution < -0.4 is 0 Å². The predicted molar refractivity (Wildman–Crippen MR) is 270 cm³/mol. The smallest absolute Gasteiger partial charge is 0.306 e. The van der Waals surface area contributed by atoms with Crippen LogP contribution in [0.4, 0.5) is 0 Å². The molecule has 1 unspecified atom stereocenters. The van der Waals surface area contributed by atoms with E-state index in [9.17, 15) is 9.59 Å². The summed E-state index contributed by atoms with van der Waals surface area (Å²) in [5.74, 6) is -0.508. The molecule has 0 bridgehead atoms. The van der Waals surface area contributed by atoms with Gasteiger partial charge in [0.15, 0.2) is 6.10 Å². The van der Waals surface area contributed by atoms with E-state index in [0.717, 1.165) is 70.6 Å². The third-order valence-electron chi connectivity index (χ3n) is 10.9. The third kappa shape index (κ3) is 49.7.